The van der Waals surface area contributed by atoms with E-state index in [1.807, 2.05) is 17.5 Å². The molecule has 26 heavy (non-hydrogen) atoms. The van der Waals surface area contributed by atoms with Gasteiger partial charge in [0.15, 0.2) is 0 Å². The van der Waals surface area contributed by atoms with Crippen LogP contribution in [0.4, 0.5) is 0 Å². The van der Waals surface area contributed by atoms with E-state index in [1.165, 1.54) is 27.8 Å². The van der Waals surface area contributed by atoms with E-state index in [0.29, 0.717) is 29.9 Å². The fourth-order valence-electron chi connectivity index (χ4n) is 3.02. The lowest BCUT2D eigenvalue weighted by molar-refractivity contribution is 0.286. The van der Waals surface area contributed by atoms with E-state index in [-0.39, 0.29) is 10.8 Å². The third kappa shape index (κ3) is 3.42. The van der Waals surface area contributed by atoms with Crippen molar-refractivity contribution in [3.8, 4) is 10.8 Å². The Balaban J connectivity index is 1.55. The lowest BCUT2D eigenvalue weighted by atomic mass is 10.00. The van der Waals surface area contributed by atoms with E-state index in [1.54, 1.807) is 12.1 Å². The molecule has 0 amide bonds. The van der Waals surface area contributed by atoms with Gasteiger partial charge in [-0.15, -0.1) is 21.5 Å². The van der Waals surface area contributed by atoms with Gasteiger partial charge in [-0.3, -0.25) is 0 Å². The van der Waals surface area contributed by atoms with Crippen LogP contribution in [0.25, 0.3) is 10.8 Å². The smallest absolute Gasteiger partial charge is 0.257 e. The molecule has 3 aromatic rings. The van der Waals surface area contributed by atoms with Crippen LogP contribution in [0.1, 0.15) is 24.7 Å². The number of hydrogen-bond donors (Lipinski definition) is 0. The highest BCUT2D eigenvalue weighted by atomic mass is 35.5. The molecule has 0 unspecified atom stereocenters. The molecule has 1 atom stereocenters. The highest BCUT2D eigenvalue weighted by molar-refractivity contribution is 7.89. The Hall–Kier alpha value is -1.74. The van der Waals surface area contributed by atoms with Gasteiger partial charge in [0.2, 0.25) is 15.9 Å². The number of thiophene rings is 1. The number of aromatic nitrogens is 2. The van der Waals surface area contributed by atoms with Crippen molar-refractivity contribution in [1.29, 1.82) is 0 Å². The Morgan fingerprint density at radius 1 is 1.19 bits per heavy atom. The number of hydrogen-bond acceptors (Lipinski definition) is 6. The van der Waals surface area contributed by atoms with E-state index in [0.717, 1.165) is 17.7 Å². The van der Waals surface area contributed by atoms with E-state index in [9.17, 15) is 8.42 Å². The zero-order chi connectivity index (χ0) is 18.1. The van der Waals surface area contributed by atoms with Crippen molar-refractivity contribution in [2.45, 2.75) is 23.7 Å². The summed E-state index contributed by atoms with van der Waals surface area (Å²) in [6.07, 6.45) is 1.56. The molecule has 0 N–H and O–H groups in total. The molecule has 1 aliphatic rings. The Labute approximate surface area is 160 Å². The number of halogens is 1. The molecular weight excluding hydrogens is 394 g/mol. The molecule has 1 fully saturated rings. The van der Waals surface area contributed by atoms with E-state index in [2.05, 4.69) is 10.2 Å². The zero-order valence-corrected chi connectivity index (χ0v) is 16.1. The molecule has 0 spiro atoms. The summed E-state index contributed by atoms with van der Waals surface area (Å²) in [5, 5.41) is 10.7. The van der Waals surface area contributed by atoms with Gasteiger partial charge in [0.25, 0.3) is 5.89 Å². The van der Waals surface area contributed by atoms with Crippen LogP contribution in [0.15, 0.2) is 51.1 Å². The molecule has 0 aliphatic carbocycles. The average Bonchev–Trinajstić information content (AvgIpc) is 3.34. The van der Waals surface area contributed by atoms with Crippen LogP contribution < -0.4 is 0 Å². The van der Waals surface area contributed by atoms with Gasteiger partial charge in [-0.2, -0.15) is 4.31 Å². The molecule has 136 valence electrons. The van der Waals surface area contributed by atoms with Gasteiger partial charge < -0.3 is 4.42 Å². The summed E-state index contributed by atoms with van der Waals surface area (Å²) in [6, 6.07) is 10.1. The minimum Gasteiger partial charge on any atom is -0.420 e. The topological polar surface area (TPSA) is 76.3 Å². The van der Waals surface area contributed by atoms with Gasteiger partial charge in [-0.1, -0.05) is 17.7 Å². The van der Waals surface area contributed by atoms with Crippen LogP contribution in [-0.4, -0.2) is 36.0 Å². The summed E-state index contributed by atoms with van der Waals surface area (Å²) >= 11 is 7.39. The summed E-state index contributed by atoms with van der Waals surface area (Å²) in [7, 11) is -3.57. The molecule has 0 saturated carbocycles. The number of piperidine rings is 1. The molecule has 2 aromatic heterocycles. The Morgan fingerprint density at radius 2 is 2.00 bits per heavy atom. The first kappa shape index (κ1) is 17.7. The fourth-order valence-corrected chi connectivity index (χ4v) is 5.31. The summed E-state index contributed by atoms with van der Waals surface area (Å²) < 4.78 is 33.1. The molecule has 1 aromatic carbocycles. The standard InChI is InChI=1S/C17H16ClN3O3S2/c18-13-5-7-14(8-6-13)26(22,23)21-9-1-3-12(11-21)16-19-20-17(24-16)15-4-2-10-25-15/h2,4-8,10,12H,1,3,9,11H2/t12-/m1/s1. The molecule has 0 radical (unpaired) electrons. The molecule has 6 nitrogen and oxygen atoms in total. The minimum absolute atomic E-state index is 0.105. The predicted molar refractivity (Wildman–Crippen MR) is 99.8 cm³/mol. The number of nitrogens with zero attached hydrogens (tertiary/aromatic N) is 3. The Kier molecular flexibility index (Phi) is 4.83. The van der Waals surface area contributed by atoms with Crippen molar-refractivity contribution < 1.29 is 12.8 Å². The van der Waals surface area contributed by atoms with Crippen LogP contribution in [-0.2, 0) is 10.0 Å². The molecular formula is C17H16ClN3O3S2. The minimum atomic E-state index is -3.57. The second-order valence-corrected chi connectivity index (χ2v) is 9.40. The highest BCUT2D eigenvalue weighted by Gasteiger charge is 2.33. The van der Waals surface area contributed by atoms with Crippen LogP contribution in [0, 0.1) is 0 Å². The van der Waals surface area contributed by atoms with Crippen molar-refractivity contribution in [3.05, 3.63) is 52.7 Å². The Morgan fingerprint density at radius 3 is 2.73 bits per heavy atom. The highest BCUT2D eigenvalue weighted by Crippen LogP contribution is 2.32. The van der Waals surface area contributed by atoms with Crippen molar-refractivity contribution >= 4 is 33.0 Å². The number of benzene rings is 1. The van der Waals surface area contributed by atoms with Crippen LogP contribution >= 0.6 is 22.9 Å². The van der Waals surface area contributed by atoms with Gasteiger partial charge in [-0.25, -0.2) is 8.42 Å². The predicted octanol–water partition coefficient (Wildman–Crippen LogP) is 4.02. The van der Waals surface area contributed by atoms with E-state index >= 15 is 0 Å². The normalized spacial score (nSPS) is 18.9. The van der Waals surface area contributed by atoms with Crippen molar-refractivity contribution in [1.82, 2.24) is 14.5 Å². The van der Waals surface area contributed by atoms with E-state index < -0.39 is 10.0 Å². The maximum Gasteiger partial charge on any atom is 0.257 e. The van der Waals surface area contributed by atoms with Gasteiger partial charge in [0, 0.05) is 18.1 Å². The first-order valence-corrected chi connectivity index (χ1v) is 10.9. The monoisotopic (exact) mass is 409 g/mol. The first-order chi connectivity index (χ1) is 12.5. The van der Waals surface area contributed by atoms with E-state index in [4.69, 9.17) is 16.0 Å². The maximum atomic E-state index is 12.9. The fraction of sp³-hybridized carbons (Fsp3) is 0.294. The number of rotatable bonds is 4. The summed E-state index contributed by atoms with van der Waals surface area (Å²) in [5.74, 6) is 0.865. The maximum absolute atomic E-state index is 12.9. The first-order valence-electron chi connectivity index (χ1n) is 8.17. The van der Waals surface area contributed by atoms with Crippen molar-refractivity contribution in [3.63, 3.8) is 0 Å². The average molecular weight is 410 g/mol. The second-order valence-electron chi connectivity index (χ2n) is 6.08. The third-order valence-corrected chi connectivity index (χ3v) is 7.35. The largest absolute Gasteiger partial charge is 0.420 e. The SMILES string of the molecule is O=S(=O)(c1ccc(Cl)cc1)N1CCC[C@@H](c2nnc(-c3cccs3)o2)C1. The van der Waals surface area contributed by atoms with Gasteiger partial charge in [-0.05, 0) is 48.6 Å². The van der Waals surface area contributed by atoms with Crippen LogP contribution in [0.5, 0.6) is 0 Å². The second kappa shape index (κ2) is 7.11. The molecule has 1 saturated heterocycles. The molecule has 9 heteroatoms. The van der Waals surface area contributed by atoms with Gasteiger partial charge in [0.05, 0.1) is 15.7 Å². The van der Waals surface area contributed by atoms with Crippen LogP contribution in [0.2, 0.25) is 5.02 Å². The summed E-state index contributed by atoms with van der Waals surface area (Å²) in [5.41, 5.74) is 0. The lowest BCUT2D eigenvalue weighted by Gasteiger charge is -2.30. The van der Waals surface area contributed by atoms with Crippen molar-refractivity contribution in [2.75, 3.05) is 13.1 Å². The van der Waals surface area contributed by atoms with Crippen LogP contribution in [0.3, 0.4) is 0 Å². The van der Waals surface area contributed by atoms with Gasteiger partial charge in [0.1, 0.15) is 0 Å². The van der Waals surface area contributed by atoms with Gasteiger partial charge >= 0.3 is 0 Å². The molecule has 1 aliphatic heterocycles. The molecule has 3 heterocycles. The summed E-state index contributed by atoms with van der Waals surface area (Å²) in [4.78, 5) is 1.15. The quantitative estimate of drug-likeness (QED) is 0.650. The lowest BCUT2D eigenvalue weighted by Crippen LogP contribution is -2.39. The molecule has 4 rings (SSSR count). The zero-order valence-electron chi connectivity index (χ0n) is 13.7. The van der Waals surface area contributed by atoms with Crippen molar-refractivity contribution in [2.24, 2.45) is 0 Å². The summed E-state index contributed by atoms with van der Waals surface area (Å²) in [6.45, 7) is 0.810. The number of sulfonamides is 1. The third-order valence-electron chi connectivity index (χ3n) is 4.36. The molecule has 0 bridgehead atoms. The Bertz CT molecular complexity index is 985.